The van der Waals surface area contributed by atoms with E-state index in [1.807, 2.05) is 42.8 Å². The minimum atomic E-state index is -0.760. The summed E-state index contributed by atoms with van der Waals surface area (Å²) in [6, 6.07) is 10.2. The number of nitrogens with one attached hydrogen (secondary N) is 1. The van der Waals surface area contributed by atoms with Crippen LogP contribution in [0, 0.1) is 24.2 Å². The molecule has 1 aliphatic carbocycles. The Morgan fingerprint density at radius 1 is 1.44 bits per heavy atom. The highest BCUT2D eigenvalue weighted by Gasteiger charge is 2.42. The molecule has 1 fully saturated rings. The predicted octanol–water partition coefficient (Wildman–Crippen LogP) is 2.69. The molecule has 1 amide bonds. The fraction of sp³-hybridized carbons (Fsp3) is 0.444. The van der Waals surface area contributed by atoms with Crippen molar-refractivity contribution in [2.45, 2.75) is 37.4 Å². The van der Waals surface area contributed by atoms with Gasteiger partial charge in [0.1, 0.15) is 5.54 Å². The minimum absolute atomic E-state index is 0.151. The van der Waals surface area contributed by atoms with Crippen molar-refractivity contribution >= 4 is 17.7 Å². The zero-order valence-corrected chi connectivity index (χ0v) is 15.4. The van der Waals surface area contributed by atoms with Crippen LogP contribution in [-0.4, -0.2) is 32.0 Å². The van der Waals surface area contributed by atoms with Gasteiger partial charge >= 0.3 is 0 Å². The normalized spacial score (nSPS) is 16.1. The average Bonchev–Trinajstić information content (AvgIpc) is 3.39. The van der Waals surface area contributed by atoms with Crippen molar-refractivity contribution < 1.29 is 4.79 Å². The predicted molar refractivity (Wildman–Crippen MR) is 96.8 cm³/mol. The van der Waals surface area contributed by atoms with Crippen molar-refractivity contribution in [2.75, 3.05) is 5.75 Å². The second kappa shape index (κ2) is 6.89. The Hall–Kier alpha value is -2.33. The lowest BCUT2D eigenvalue weighted by atomic mass is 9.98. The summed E-state index contributed by atoms with van der Waals surface area (Å²) >= 11 is 1.33. The number of thioether (sulfide) groups is 1. The van der Waals surface area contributed by atoms with E-state index in [1.165, 1.54) is 11.8 Å². The maximum atomic E-state index is 12.2. The van der Waals surface area contributed by atoms with Crippen LogP contribution in [0.4, 0.5) is 0 Å². The quantitative estimate of drug-likeness (QED) is 0.806. The summed E-state index contributed by atoms with van der Waals surface area (Å²) in [4.78, 5) is 12.2. The zero-order chi connectivity index (χ0) is 18.0. The highest BCUT2D eigenvalue weighted by atomic mass is 32.2. The maximum absolute atomic E-state index is 12.2. The van der Waals surface area contributed by atoms with Gasteiger partial charge in [-0.05, 0) is 38.2 Å². The maximum Gasteiger partial charge on any atom is 0.231 e. The van der Waals surface area contributed by atoms with E-state index in [0.29, 0.717) is 5.16 Å². The summed E-state index contributed by atoms with van der Waals surface area (Å²) in [7, 11) is 1.89. The molecule has 1 aliphatic rings. The van der Waals surface area contributed by atoms with Gasteiger partial charge in [-0.1, -0.05) is 36.0 Å². The number of rotatable bonds is 6. The Kier molecular flexibility index (Phi) is 4.82. The van der Waals surface area contributed by atoms with Crippen molar-refractivity contribution in [3.8, 4) is 17.5 Å². The van der Waals surface area contributed by atoms with Gasteiger partial charge in [0.2, 0.25) is 5.91 Å². The highest BCUT2D eigenvalue weighted by Crippen LogP contribution is 2.39. The highest BCUT2D eigenvalue weighted by molar-refractivity contribution is 7.99. The zero-order valence-electron chi connectivity index (χ0n) is 14.6. The molecule has 0 aliphatic heterocycles. The fourth-order valence-corrected chi connectivity index (χ4v) is 3.55. The number of carbonyl (C=O) groups excluding carboxylic acids is 1. The first kappa shape index (κ1) is 17.5. The number of benzene rings is 1. The van der Waals surface area contributed by atoms with Gasteiger partial charge in [0, 0.05) is 12.6 Å². The molecule has 130 valence electrons. The van der Waals surface area contributed by atoms with E-state index < -0.39 is 5.54 Å². The summed E-state index contributed by atoms with van der Waals surface area (Å²) < 4.78 is 1.89. The molecule has 0 saturated heterocycles. The van der Waals surface area contributed by atoms with Crippen molar-refractivity contribution in [2.24, 2.45) is 13.0 Å². The molecule has 0 radical (unpaired) electrons. The molecule has 6 nitrogen and oxygen atoms in total. The first-order valence-corrected chi connectivity index (χ1v) is 9.23. The number of nitriles is 1. The standard InChI is InChI=1S/C18H21N5OS/c1-12-6-4-5-7-14(12)16-21-22-17(23(16)3)25-10-15(24)20-18(2,11-19)13-8-9-13/h4-7,13H,8-10H2,1-3H3,(H,20,24)/t18-/m1/s1. The third kappa shape index (κ3) is 3.69. The topological polar surface area (TPSA) is 83.6 Å². The second-order valence-electron chi connectivity index (χ2n) is 6.61. The van der Waals surface area contributed by atoms with Gasteiger partial charge in [-0.2, -0.15) is 5.26 Å². The Bertz CT molecular complexity index is 836. The molecular formula is C18H21N5OS. The van der Waals surface area contributed by atoms with Crippen LogP contribution < -0.4 is 5.32 Å². The number of aryl methyl sites for hydroxylation is 1. The first-order chi connectivity index (χ1) is 11.9. The number of carbonyl (C=O) groups is 1. The first-order valence-electron chi connectivity index (χ1n) is 8.25. The van der Waals surface area contributed by atoms with Crippen LogP contribution in [0.15, 0.2) is 29.4 Å². The summed E-state index contributed by atoms with van der Waals surface area (Å²) in [5.41, 5.74) is 1.39. The Morgan fingerprint density at radius 2 is 2.16 bits per heavy atom. The number of aromatic nitrogens is 3. The molecule has 0 spiro atoms. The van der Waals surface area contributed by atoms with Gasteiger partial charge in [-0.15, -0.1) is 10.2 Å². The molecule has 1 aromatic carbocycles. The summed E-state index contributed by atoms with van der Waals surface area (Å²) in [6.07, 6.45) is 2.00. The summed E-state index contributed by atoms with van der Waals surface area (Å²) in [5.74, 6) is 1.11. The van der Waals surface area contributed by atoms with Crippen LogP contribution >= 0.6 is 11.8 Å². The van der Waals surface area contributed by atoms with Crippen molar-refractivity contribution in [1.82, 2.24) is 20.1 Å². The SMILES string of the molecule is Cc1ccccc1-c1nnc(SCC(=O)N[C@](C)(C#N)C2CC2)n1C. The molecule has 1 saturated carbocycles. The van der Waals surface area contributed by atoms with Gasteiger partial charge in [0.15, 0.2) is 11.0 Å². The third-order valence-electron chi connectivity index (χ3n) is 4.58. The van der Waals surface area contributed by atoms with Crippen LogP contribution in [0.2, 0.25) is 0 Å². The molecule has 1 aromatic heterocycles. The molecule has 2 aromatic rings. The molecular weight excluding hydrogens is 334 g/mol. The molecule has 3 rings (SSSR count). The van der Waals surface area contributed by atoms with Crippen LogP contribution in [0.3, 0.4) is 0 Å². The van der Waals surface area contributed by atoms with Crippen molar-refractivity contribution in [3.63, 3.8) is 0 Å². The third-order valence-corrected chi connectivity index (χ3v) is 5.60. The van der Waals surface area contributed by atoms with Gasteiger partial charge < -0.3 is 9.88 Å². The smallest absolute Gasteiger partial charge is 0.231 e. The van der Waals surface area contributed by atoms with Gasteiger partial charge in [0.25, 0.3) is 0 Å². The van der Waals surface area contributed by atoms with Gasteiger partial charge in [-0.25, -0.2) is 0 Å². The van der Waals surface area contributed by atoms with Crippen LogP contribution in [-0.2, 0) is 11.8 Å². The molecule has 0 unspecified atom stereocenters. The van der Waals surface area contributed by atoms with Crippen molar-refractivity contribution in [3.05, 3.63) is 29.8 Å². The van der Waals surface area contributed by atoms with E-state index in [2.05, 4.69) is 21.6 Å². The van der Waals surface area contributed by atoms with E-state index in [1.54, 1.807) is 6.92 Å². The second-order valence-corrected chi connectivity index (χ2v) is 7.55. The lowest BCUT2D eigenvalue weighted by molar-refractivity contribution is -0.119. The summed E-state index contributed by atoms with van der Waals surface area (Å²) in [6.45, 7) is 3.83. The van der Waals surface area contributed by atoms with E-state index >= 15 is 0 Å². The van der Waals surface area contributed by atoms with Crippen molar-refractivity contribution in [1.29, 1.82) is 5.26 Å². The number of nitrogens with zero attached hydrogens (tertiary/aromatic N) is 4. The number of amides is 1. The average molecular weight is 355 g/mol. The molecule has 1 atom stereocenters. The van der Waals surface area contributed by atoms with Gasteiger partial charge in [-0.3, -0.25) is 4.79 Å². The van der Waals surface area contributed by atoms with E-state index in [-0.39, 0.29) is 17.6 Å². The Balaban J connectivity index is 1.66. The lowest BCUT2D eigenvalue weighted by Gasteiger charge is -2.22. The van der Waals surface area contributed by atoms with E-state index in [4.69, 9.17) is 0 Å². The minimum Gasteiger partial charge on any atom is -0.337 e. The van der Waals surface area contributed by atoms with Crippen LogP contribution in [0.1, 0.15) is 25.3 Å². The monoisotopic (exact) mass is 355 g/mol. The molecule has 0 bridgehead atoms. The largest absolute Gasteiger partial charge is 0.337 e. The fourth-order valence-electron chi connectivity index (χ4n) is 2.84. The van der Waals surface area contributed by atoms with E-state index in [0.717, 1.165) is 29.8 Å². The van der Waals surface area contributed by atoms with Crippen LogP contribution in [0.25, 0.3) is 11.4 Å². The Morgan fingerprint density at radius 3 is 2.80 bits per heavy atom. The van der Waals surface area contributed by atoms with E-state index in [9.17, 15) is 10.1 Å². The molecule has 1 heterocycles. The molecule has 25 heavy (non-hydrogen) atoms. The lowest BCUT2D eigenvalue weighted by Crippen LogP contribution is -2.47. The number of hydrogen-bond acceptors (Lipinski definition) is 5. The summed E-state index contributed by atoms with van der Waals surface area (Å²) in [5, 5.41) is 21.3. The van der Waals surface area contributed by atoms with Crippen LogP contribution in [0.5, 0.6) is 0 Å². The van der Waals surface area contributed by atoms with Gasteiger partial charge in [0.05, 0.1) is 11.8 Å². The molecule has 1 N–H and O–H groups in total. The molecule has 7 heteroatoms. The number of hydrogen-bond donors (Lipinski definition) is 1. The Labute approximate surface area is 151 Å².